The van der Waals surface area contributed by atoms with Gasteiger partial charge in [-0.15, -0.1) is 0 Å². The van der Waals surface area contributed by atoms with Crippen molar-refractivity contribution in [3.63, 3.8) is 0 Å². The Morgan fingerprint density at radius 2 is 1.48 bits per heavy atom. The number of amides is 1. The first-order chi connectivity index (χ1) is 19.9. The van der Waals surface area contributed by atoms with Crippen LogP contribution >= 0.6 is 0 Å². The second-order valence-electron chi connectivity index (χ2n) is 8.29. The lowest BCUT2D eigenvalue weighted by Gasteiger charge is -2.20. The molecule has 1 aliphatic heterocycles. The van der Waals surface area contributed by atoms with Gasteiger partial charge in [0.15, 0.2) is 0 Å². The van der Waals surface area contributed by atoms with Crippen LogP contribution in [0.2, 0.25) is 0 Å². The summed E-state index contributed by atoms with van der Waals surface area (Å²) in [7, 11) is 0. The molecule has 234 valence electrons. The molecule has 0 fully saturated rings. The number of hydrazone groups is 1. The van der Waals surface area contributed by atoms with E-state index in [1.54, 1.807) is 0 Å². The average Bonchev–Trinajstić information content (AvgIpc) is 3.49. The maximum Gasteiger partial charge on any atom is 0.240 e. The Morgan fingerprint density at radius 3 is 1.98 bits per heavy atom. The van der Waals surface area contributed by atoms with Crippen LogP contribution in [0.3, 0.4) is 0 Å². The van der Waals surface area contributed by atoms with E-state index in [1.165, 1.54) is 17.5 Å². The van der Waals surface area contributed by atoms with Crippen molar-refractivity contribution in [2.75, 3.05) is 6.67 Å². The SMILES string of the molecule is C.CC.CC.CC.CC(=O)N1N=C(c2cc(F)ccc2F)C[C@H]1c1ccccc1.CCC(CF)NCc1ccccc1. The van der Waals surface area contributed by atoms with Crippen LogP contribution in [0.5, 0.6) is 0 Å². The van der Waals surface area contributed by atoms with Crippen molar-refractivity contribution >= 4 is 11.6 Å². The van der Waals surface area contributed by atoms with Gasteiger partial charge < -0.3 is 5.32 Å². The van der Waals surface area contributed by atoms with Gasteiger partial charge >= 0.3 is 0 Å². The molecule has 0 aliphatic carbocycles. The van der Waals surface area contributed by atoms with E-state index in [0.29, 0.717) is 12.1 Å². The first-order valence-electron chi connectivity index (χ1n) is 14.6. The monoisotopic (exact) mass is 587 g/mol. The summed E-state index contributed by atoms with van der Waals surface area (Å²) in [4.78, 5) is 11.8. The largest absolute Gasteiger partial charge is 0.307 e. The Bertz CT molecular complexity index is 1120. The molecular formula is C35H52F3N3O. The third kappa shape index (κ3) is 13.5. The van der Waals surface area contributed by atoms with Gasteiger partial charge in [-0.25, -0.2) is 18.2 Å². The molecule has 0 spiro atoms. The van der Waals surface area contributed by atoms with Crippen molar-refractivity contribution < 1.29 is 18.0 Å². The normalized spacial score (nSPS) is 13.5. The fraction of sp³-hybridized carbons (Fsp3) is 0.429. The molecule has 7 heteroatoms. The number of halogens is 3. The van der Waals surface area contributed by atoms with Crippen molar-refractivity contribution in [1.82, 2.24) is 10.3 Å². The molecule has 1 N–H and O–H groups in total. The number of carbonyl (C=O) groups is 1. The van der Waals surface area contributed by atoms with Crippen molar-refractivity contribution in [1.29, 1.82) is 0 Å². The zero-order valence-electron chi connectivity index (χ0n) is 25.9. The Kier molecular flexibility index (Phi) is 23.4. The molecule has 0 radical (unpaired) electrons. The van der Waals surface area contributed by atoms with Crippen LogP contribution < -0.4 is 5.32 Å². The number of alkyl halides is 1. The highest BCUT2D eigenvalue weighted by Gasteiger charge is 2.32. The average molecular weight is 588 g/mol. The van der Waals surface area contributed by atoms with E-state index in [2.05, 4.69) is 10.4 Å². The third-order valence-corrected chi connectivity index (χ3v) is 5.77. The van der Waals surface area contributed by atoms with Crippen molar-refractivity contribution in [3.05, 3.63) is 107 Å². The van der Waals surface area contributed by atoms with Crippen LogP contribution in [-0.4, -0.2) is 29.3 Å². The smallest absolute Gasteiger partial charge is 0.240 e. The lowest BCUT2D eigenvalue weighted by atomic mass is 9.98. The molecule has 1 unspecified atom stereocenters. The molecule has 1 amide bonds. The van der Waals surface area contributed by atoms with E-state index in [4.69, 9.17) is 0 Å². The van der Waals surface area contributed by atoms with Gasteiger partial charge in [0.2, 0.25) is 5.91 Å². The van der Waals surface area contributed by atoms with E-state index in [-0.39, 0.29) is 37.7 Å². The minimum absolute atomic E-state index is 0. The van der Waals surface area contributed by atoms with Crippen LogP contribution in [0, 0.1) is 11.6 Å². The maximum absolute atomic E-state index is 13.9. The van der Waals surface area contributed by atoms with Crippen LogP contribution in [-0.2, 0) is 11.3 Å². The predicted molar refractivity (Wildman–Crippen MR) is 173 cm³/mol. The molecule has 3 aromatic rings. The van der Waals surface area contributed by atoms with Crippen LogP contribution in [0.4, 0.5) is 13.2 Å². The molecule has 0 aromatic heterocycles. The van der Waals surface area contributed by atoms with Crippen LogP contribution in [0.1, 0.15) is 98.4 Å². The van der Waals surface area contributed by atoms with Crippen LogP contribution in [0.25, 0.3) is 0 Å². The quantitative estimate of drug-likeness (QED) is 0.299. The molecular weight excluding hydrogens is 535 g/mol. The highest BCUT2D eigenvalue weighted by Crippen LogP contribution is 2.33. The first kappa shape index (κ1) is 40.7. The van der Waals surface area contributed by atoms with Crippen molar-refractivity contribution in [2.24, 2.45) is 5.10 Å². The summed E-state index contributed by atoms with van der Waals surface area (Å²) in [5.41, 5.74) is 2.59. The van der Waals surface area contributed by atoms with Gasteiger partial charge in [-0.3, -0.25) is 4.79 Å². The Balaban J connectivity index is 0. The second kappa shape index (κ2) is 24.2. The minimum atomic E-state index is -0.544. The minimum Gasteiger partial charge on any atom is -0.307 e. The molecule has 42 heavy (non-hydrogen) atoms. The topological polar surface area (TPSA) is 44.7 Å². The molecule has 4 nitrogen and oxygen atoms in total. The van der Waals surface area contributed by atoms with Crippen molar-refractivity contribution in [2.45, 2.75) is 94.3 Å². The summed E-state index contributed by atoms with van der Waals surface area (Å²) in [5, 5.41) is 8.70. The van der Waals surface area contributed by atoms with Crippen LogP contribution in [0.15, 0.2) is 84.0 Å². The number of carbonyl (C=O) groups excluding carboxylic acids is 1. The standard InChI is InChI=1S/C17H14F2N2O.C11H16FN.3C2H6.CH4/c1-11(22)21-17(12-5-3-2-4-6-12)10-16(20-21)14-9-13(18)7-8-15(14)19;1-2-11(8-12)13-9-10-6-4-3-5-7-10;3*1-2;/h2-9,17H,10H2,1H3;3-7,11,13H,2,8-9H2,1H3;3*1-2H3;1H4/t17-;;;;;/m0...../s1. The number of hydrogen-bond acceptors (Lipinski definition) is 3. The zero-order valence-corrected chi connectivity index (χ0v) is 25.9. The molecule has 0 saturated heterocycles. The molecule has 0 saturated carbocycles. The summed E-state index contributed by atoms with van der Waals surface area (Å²) in [5.74, 6) is -1.31. The fourth-order valence-corrected chi connectivity index (χ4v) is 3.78. The summed E-state index contributed by atoms with van der Waals surface area (Å²) in [6, 6.07) is 22.4. The van der Waals surface area contributed by atoms with E-state index in [0.717, 1.165) is 36.7 Å². The first-order valence-corrected chi connectivity index (χ1v) is 14.6. The van der Waals surface area contributed by atoms with Gasteiger partial charge in [0.05, 0.1) is 11.8 Å². The lowest BCUT2D eigenvalue weighted by Crippen LogP contribution is -2.29. The molecule has 0 bridgehead atoms. The number of benzene rings is 3. The third-order valence-electron chi connectivity index (χ3n) is 5.77. The van der Waals surface area contributed by atoms with Crippen molar-refractivity contribution in [3.8, 4) is 0 Å². The fourth-order valence-electron chi connectivity index (χ4n) is 3.78. The van der Waals surface area contributed by atoms with Gasteiger partial charge in [0.1, 0.15) is 18.3 Å². The number of rotatable bonds is 7. The second-order valence-corrected chi connectivity index (χ2v) is 8.29. The maximum atomic E-state index is 13.9. The number of nitrogens with zero attached hydrogens (tertiary/aromatic N) is 2. The van der Waals surface area contributed by atoms with Gasteiger partial charge in [-0.05, 0) is 35.7 Å². The molecule has 3 aromatic carbocycles. The summed E-state index contributed by atoms with van der Waals surface area (Å²) in [6.07, 6.45) is 1.19. The van der Waals surface area contributed by atoms with E-state index < -0.39 is 11.6 Å². The van der Waals surface area contributed by atoms with Gasteiger partial charge in [-0.2, -0.15) is 5.10 Å². The highest BCUT2D eigenvalue weighted by molar-refractivity contribution is 6.03. The molecule has 4 rings (SSSR count). The molecule has 2 atom stereocenters. The highest BCUT2D eigenvalue weighted by atomic mass is 19.1. The number of hydrogen-bond donors (Lipinski definition) is 1. The number of nitrogens with one attached hydrogen (secondary N) is 1. The lowest BCUT2D eigenvalue weighted by molar-refractivity contribution is -0.130. The Morgan fingerprint density at radius 1 is 0.929 bits per heavy atom. The van der Waals surface area contributed by atoms with Gasteiger partial charge in [-0.1, -0.05) is 117 Å². The summed E-state index contributed by atoms with van der Waals surface area (Å²) in [6.45, 7) is 15.9. The van der Waals surface area contributed by atoms with E-state index >= 15 is 0 Å². The Labute approximate surface area is 253 Å². The molecule has 1 heterocycles. The van der Waals surface area contributed by atoms with Gasteiger partial charge in [0.25, 0.3) is 0 Å². The summed E-state index contributed by atoms with van der Waals surface area (Å²) >= 11 is 0. The predicted octanol–water partition coefficient (Wildman–Crippen LogP) is 9.90. The zero-order chi connectivity index (χ0) is 31.2. The van der Waals surface area contributed by atoms with E-state index in [9.17, 15) is 18.0 Å². The Hall–Kier alpha value is -3.45. The van der Waals surface area contributed by atoms with E-state index in [1.807, 2.05) is 109 Å². The summed E-state index contributed by atoms with van der Waals surface area (Å²) < 4.78 is 39.6. The van der Waals surface area contributed by atoms with Gasteiger partial charge in [0, 0.05) is 31.5 Å². The molecule has 1 aliphatic rings.